The van der Waals surface area contributed by atoms with Crippen molar-refractivity contribution in [2.75, 3.05) is 6.61 Å². The Kier molecular flexibility index (Phi) is 3.82. The summed E-state index contributed by atoms with van der Waals surface area (Å²) in [6.07, 6.45) is 1.45. The van der Waals surface area contributed by atoms with Crippen molar-refractivity contribution in [3.8, 4) is 0 Å². The second-order valence-electron chi connectivity index (χ2n) is 2.88. The number of benzene rings is 1. The standard InChI is InChI=1S/C10H13N3O/c1-8-3-2-4-9(5-8)12-6-10(7-14)13-11/h2-6,14H,7,11H2,1H3. The van der Waals surface area contributed by atoms with Crippen LogP contribution in [-0.4, -0.2) is 23.6 Å². The molecule has 1 aromatic rings. The molecule has 0 saturated carbocycles. The van der Waals surface area contributed by atoms with E-state index < -0.39 is 0 Å². The quantitative estimate of drug-likeness (QED) is 0.425. The average Bonchev–Trinajstić information content (AvgIpc) is 2.19. The van der Waals surface area contributed by atoms with Crippen molar-refractivity contribution in [1.82, 2.24) is 0 Å². The van der Waals surface area contributed by atoms with Gasteiger partial charge >= 0.3 is 0 Å². The molecule has 0 spiro atoms. The summed E-state index contributed by atoms with van der Waals surface area (Å²) in [5.41, 5.74) is 2.31. The molecule has 0 aliphatic carbocycles. The zero-order valence-electron chi connectivity index (χ0n) is 8.01. The Morgan fingerprint density at radius 2 is 2.36 bits per heavy atom. The van der Waals surface area contributed by atoms with Gasteiger partial charge in [-0.25, -0.2) is 0 Å². The molecule has 0 unspecified atom stereocenters. The Hall–Kier alpha value is -1.68. The van der Waals surface area contributed by atoms with E-state index in [0.29, 0.717) is 5.71 Å². The summed E-state index contributed by atoms with van der Waals surface area (Å²) in [7, 11) is 0. The highest BCUT2D eigenvalue weighted by atomic mass is 16.3. The van der Waals surface area contributed by atoms with Crippen LogP contribution in [0.1, 0.15) is 5.56 Å². The van der Waals surface area contributed by atoms with Crippen molar-refractivity contribution in [3.05, 3.63) is 29.8 Å². The third kappa shape index (κ3) is 2.99. The van der Waals surface area contributed by atoms with Crippen molar-refractivity contribution >= 4 is 17.6 Å². The molecule has 0 radical (unpaired) electrons. The number of aryl methyl sites for hydroxylation is 1. The summed E-state index contributed by atoms with van der Waals surface area (Å²) >= 11 is 0. The molecule has 0 fully saturated rings. The molecule has 1 aromatic carbocycles. The normalized spacial score (nSPS) is 12.3. The van der Waals surface area contributed by atoms with Gasteiger partial charge in [0.15, 0.2) is 0 Å². The van der Waals surface area contributed by atoms with E-state index in [9.17, 15) is 0 Å². The van der Waals surface area contributed by atoms with Crippen LogP contribution in [0.4, 0.5) is 5.69 Å². The number of nitrogens with two attached hydrogens (primary N) is 1. The zero-order valence-corrected chi connectivity index (χ0v) is 8.01. The minimum atomic E-state index is -0.203. The van der Waals surface area contributed by atoms with Crippen LogP contribution in [0.3, 0.4) is 0 Å². The van der Waals surface area contributed by atoms with Gasteiger partial charge < -0.3 is 10.9 Å². The third-order valence-electron chi connectivity index (χ3n) is 1.69. The topological polar surface area (TPSA) is 71.0 Å². The summed E-state index contributed by atoms with van der Waals surface area (Å²) in [5.74, 6) is 5.01. The van der Waals surface area contributed by atoms with E-state index in [1.807, 2.05) is 31.2 Å². The lowest BCUT2D eigenvalue weighted by Crippen LogP contribution is -2.08. The third-order valence-corrected chi connectivity index (χ3v) is 1.69. The number of hydrogen-bond acceptors (Lipinski definition) is 4. The number of hydrazone groups is 1. The largest absolute Gasteiger partial charge is 0.390 e. The Morgan fingerprint density at radius 1 is 1.57 bits per heavy atom. The van der Waals surface area contributed by atoms with E-state index in [1.165, 1.54) is 6.21 Å². The predicted octanol–water partition coefficient (Wildman–Crippen LogP) is 1.00. The van der Waals surface area contributed by atoms with Gasteiger partial charge in [-0.15, -0.1) is 0 Å². The van der Waals surface area contributed by atoms with Crippen LogP contribution in [0.2, 0.25) is 0 Å². The van der Waals surface area contributed by atoms with Crippen LogP contribution < -0.4 is 5.84 Å². The number of aliphatic hydroxyl groups excluding tert-OH is 1. The van der Waals surface area contributed by atoms with E-state index in [4.69, 9.17) is 10.9 Å². The maximum Gasteiger partial charge on any atom is 0.104 e. The first-order valence-corrected chi connectivity index (χ1v) is 4.24. The molecule has 0 heterocycles. The van der Waals surface area contributed by atoms with Crippen molar-refractivity contribution in [2.45, 2.75) is 6.92 Å². The van der Waals surface area contributed by atoms with Crippen LogP contribution in [0.15, 0.2) is 34.4 Å². The SMILES string of the molecule is Cc1cccc(N=CC(CO)=NN)c1. The lowest BCUT2D eigenvalue weighted by atomic mass is 10.2. The molecule has 3 N–H and O–H groups in total. The molecule has 14 heavy (non-hydrogen) atoms. The minimum absolute atomic E-state index is 0.203. The number of aliphatic hydroxyl groups is 1. The van der Waals surface area contributed by atoms with Gasteiger partial charge in [0, 0.05) is 0 Å². The zero-order chi connectivity index (χ0) is 10.4. The van der Waals surface area contributed by atoms with Crippen molar-refractivity contribution in [2.24, 2.45) is 15.9 Å². The van der Waals surface area contributed by atoms with Gasteiger partial charge in [0.25, 0.3) is 0 Å². The van der Waals surface area contributed by atoms with Gasteiger partial charge in [0.2, 0.25) is 0 Å². The molecule has 74 valence electrons. The lowest BCUT2D eigenvalue weighted by molar-refractivity contribution is 0.359. The van der Waals surface area contributed by atoms with Crippen molar-refractivity contribution in [3.63, 3.8) is 0 Å². The molecule has 4 nitrogen and oxygen atoms in total. The molecule has 1 rings (SSSR count). The monoisotopic (exact) mass is 191 g/mol. The number of rotatable bonds is 3. The summed E-state index contributed by atoms with van der Waals surface area (Å²) in [5, 5.41) is 12.1. The molecule has 0 aromatic heterocycles. The van der Waals surface area contributed by atoms with Gasteiger partial charge in [0.05, 0.1) is 18.5 Å². The van der Waals surface area contributed by atoms with Gasteiger partial charge in [-0.1, -0.05) is 12.1 Å². The van der Waals surface area contributed by atoms with Crippen LogP contribution in [0.25, 0.3) is 0 Å². The second kappa shape index (κ2) is 5.14. The highest BCUT2D eigenvalue weighted by Crippen LogP contribution is 2.12. The fourth-order valence-corrected chi connectivity index (χ4v) is 0.972. The highest BCUT2D eigenvalue weighted by Gasteiger charge is 1.92. The van der Waals surface area contributed by atoms with E-state index in [-0.39, 0.29) is 6.61 Å². The molecule has 0 aliphatic rings. The molecular weight excluding hydrogens is 178 g/mol. The molecule has 0 saturated heterocycles. The van der Waals surface area contributed by atoms with Crippen LogP contribution in [-0.2, 0) is 0 Å². The maximum atomic E-state index is 8.76. The number of aliphatic imine (C=N–C) groups is 1. The molecule has 0 bridgehead atoms. The van der Waals surface area contributed by atoms with E-state index in [2.05, 4.69) is 10.1 Å². The minimum Gasteiger partial charge on any atom is -0.390 e. The van der Waals surface area contributed by atoms with Gasteiger partial charge in [-0.2, -0.15) is 5.10 Å². The summed E-state index contributed by atoms with van der Waals surface area (Å²) < 4.78 is 0. The first kappa shape index (κ1) is 10.4. The lowest BCUT2D eigenvalue weighted by Gasteiger charge is -1.95. The fourth-order valence-electron chi connectivity index (χ4n) is 0.972. The van der Waals surface area contributed by atoms with E-state index in [1.54, 1.807) is 0 Å². The second-order valence-corrected chi connectivity index (χ2v) is 2.88. The van der Waals surface area contributed by atoms with Crippen LogP contribution in [0.5, 0.6) is 0 Å². The molecule has 0 amide bonds. The van der Waals surface area contributed by atoms with Crippen LogP contribution >= 0.6 is 0 Å². The Morgan fingerprint density at radius 3 is 2.93 bits per heavy atom. The summed E-state index contributed by atoms with van der Waals surface area (Å²) in [4.78, 5) is 4.11. The Labute approximate surface area is 82.8 Å². The average molecular weight is 191 g/mol. The smallest absolute Gasteiger partial charge is 0.104 e. The Balaban J connectivity index is 2.78. The van der Waals surface area contributed by atoms with E-state index >= 15 is 0 Å². The van der Waals surface area contributed by atoms with Crippen LogP contribution in [0, 0.1) is 6.92 Å². The Bertz CT molecular complexity index is 358. The molecule has 0 atom stereocenters. The summed E-state index contributed by atoms with van der Waals surface area (Å²) in [6.45, 7) is 1.79. The fraction of sp³-hybridized carbons (Fsp3) is 0.200. The van der Waals surface area contributed by atoms with E-state index in [0.717, 1.165) is 11.3 Å². The first-order valence-electron chi connectivity index (χ1n) is 4.24. The van der Waals surface area contributed by atoms with Gasteiger partial charge in [-0.3, -0.25) is 4.99 Å². The maximum absolute atomic E-state index is 8.76. The van der Waals surface area contributed by atoms with Gasteiger partial charge in [-0.05, 0) is 24.6 Å². The predicted molar refractivity (Wildman–Crippen MR) is 58.0 cm³/mol. The molecular formula is C10H13N3O. The van der Waals surface area contributed by atoms with Crippen molar-refractivity contribution in [1.29, 1.82) is 0 Å². The first-order chi connectivity index (χ1) is 6.76. The molecule has 0 aliphatic heterocycles. The molecule has 4 heteroatoms. The summed E-state index contributed by atoms with van der Waals surface area (Å²) in [6, 6.07) is 7.71. The number of nitrogens with zero attached hydrogens (tertiary/aromatic N) is 2. The van der Waals surface area contributed by atoms with Gasteiger partial charge in [0.1, 0.15) is 5.71 Å². The van der Waals surface area contributed by atoms with Crippen molar-refractivity contribution < 1.29 is 5.11 Å². The number of hydrogen-bond donors (Lipinski definition) is 2. The highest BCUT2D eigenvalue weighted by molar-refractivity contribution is 6.31.